The highest BCUT2D eigenvalue weighted by atomic mass is 32.2. The van der Waals surface area contributed by atoms with Crippen molar-refractivity contribution in [2.45, 2.75) is 24.7 Å². The van der Waals surface area contributed by atoms with Gasteiger partial charge in [-0.15, -0.1) is 11.8 Å². The van der Waals surface area contributed by atoms with Gasteiger partial charge >= 0.3 is 0 Å². The highest BCUT2D eigenvalue weighted by Crippen LogP contribution is 2.19. The van der Waals surface area contributed by atoms with E-state index in [1.165, 1.54) is 12.8 Å². The number of unbranched alkanes of at least 4 members (excludes halogenated alkanes) is 1. The van der Waals surface area contributed by atoms with Crippen LogP contribution in [0, 0.1) is 0 Å². The molecular weight excluding hydrogens is 210 g/mol. The first-order valence-corrected chi connectivity index (χ1v) is 5.83. The smallest absolute Gasteiger partial charge is 0.188 e. The fourth-order valence-corrected chi connectivity index (χ4v) is 2.05. The molecule has 1 rings (SSSR count). The average Bonchev–Trinajstić information content (AvgIpc) is 2.29. The molecule has 1 aromatic rings. The number of hydrogen-bond acceptors (Lipinski definition) is 4. The second-order valence-corrected chi connectivity index (χ2v) is 4.23. The van der Waals surface area contributed by atoms with Gasteiger partial charge < -0.3 is 10.9 Å². The summed E-state index contributed by atoms with van der Waals surface area (Å²) < 4.78 is 0. The molecule has 0 bridgehead atoms. The van der Waals surface area contributed by atoms with Gasteiger partial charge in [0.25, 0.3) is 0 Å². The Balaban J connectivity index is 2.66. The molecule has 0 saturated heterocycles. The predicted octanol–water partition coefficient (Wildman–Crippen LogP) is 2.07. The van der Waals surface area contributed by atoms with E-state index in [4.69, 9.17) is 10.9 Å². The molecule has 82 valence electrons. The van der Waals surface area contributed by atoms with E-state index in [9.17, 15) is 0 Å². The second kappa shape index (κ2) is 6.29. The maximum atomic E-state index is 8.51. The van der Waals surface area contributed by atoms with Gasteiger partial charge in [0.15, 0.2) is 5.84 Å². The fraction of sp³-hybridized carbons (Fsp3) is 0.400. The Hall–Kier alpha value is -1.23. The molecule has 0 atom stereocenters. The maximum absolute atomic E-state index is 8.51. The first-order valence-electron chi connectivity index (χ1n) is 4.84. The van der Waals surface area contributed by atoms with Crippen LogP contribution in [0.4, 0.5) is 0 Å². The highest BCUT2D eigenvalue weighted by molar-refractivity contribution is 7.99. The molecule has 15 heavy (non-hydrogen) atoms. The minimum absolute atomic E-state index is 0.0490. The summed E-state index contributed by atoms with van der Waals surface area (Å²) in [5.74, 6) is 1.13. The number of hydrogen-bond donors (Lipinski definition) is 2. The number of thioether (sulfide) groups is 1. The number of nitrogens with two attached hydrogens (primary N) is 1. The summed E-state index contributed by atoms with van der Waals surface area (Å²) in [6, 6.07) is 3.75. The van der Waals surface area contributed by atoms with Crippen molar-refractivity contribution in [1.82, 2.24) is 4.98 Å². The number of aromatic nitrogens is 1. The fourth-order valence-electron chi connectivity index (χ4n) is 1.03. The lowest BCUT2D eigenvalue weighted by atomic mass is 10.3. The average molecular weight is 225 g/mol. The van der Waals surface area contributed by atoms with Crippen LogP contribution in [0.3, 0.4) is 0 Å². The SMILES string of the molecule is CCCCSc1ccnc(C(N)=NO)c1. The van der Waals surface area contributed by atoms with E-state index < -0.39 is 0 Å². The Morgan fingerprint density at radius 3 is 3.13 bits per heavy atom. The molecule has 0 spiro atoms. The molecule has 0 amide bonds. The standard InChI is InChI=1S/C10H15N3OS/c1-2-3-6-15-8-4-5-12-9(7-8)10(11)13-14/h4-5,7,14H,2-3,6H2,1H3,(H2,11,13). The first-order chi connectivity index (χ1) is 7.27. The summed E-state index contributed by atoms with van der Waals surface area (Å²) in [7, 11) is 0. The van der Waals surface area contributed by atoms with Crippen molar-refractivity contribution >= 4 is 17.6 Å². The minimum atomic E-state index is 0.0490. The Labute approximate surface area is 93.6 Å². The molecule has 0 aliphatic heterocycles. The van der Waals surface area contributed by atoms with E-state index in [0.29, 0.717) is 5.69 Å². The van der Waals surface area contributed by atoms with Gasteiger partial charge in [0.2, 0.25) is 0 Å². The third-order valence-electron chi connectivity index (χ3n) is 1.87. The van der Waals surface area contributed by atoms with Crippen LogP contribution >= 0.6 is 11.8 Å². The number of rotatable bonds is 5. The van der Waals surface area contributed by atoms with Gasteiger partial charge in [-0.25, -0.2) is 0 Å². The van der Waals surface area contributed by atoms with E-state index in [1.807, 2.05) is 12.1 Å². The Morgan fingerprint density at radius 2 is 2.47 bits per heavy atom. The normalized spacial score (nSPS) is 11.7. The van der Waals surface area contributed by atoms with Crippen LogP contribution in [0.15, 0.2) is 28.4 Å². The molecule has 0 radical (unpaired) electrons. The van der Waals surface area contributed by atoms with Gasteiger partial charge in [-0.2, -0.15) is 0 Å². The van der Waals surface area contributed by atoms with Crippen LogP contribution in [-0.2, 0) is 0 Å². The van der Waals surface area contributed by atoms with Crippen molar-refractivity contribution in [1.29, 1.82) is 0 Å². The monoisotopic (exact) mass is 225 g/mol. The molecule has 0 aliphatic rings. The molecule has 0 saturated carbocycles. The van der Waals surface area contributed by atoms with Gasteiger partial charge in [0.1, 0.15) is 5.69 Å². The lowest BCUT2D eigenvalue weighted by Crippen LogP contribution is -2.14. The third-order valence-corrected chi connectivity index (χ3v) is 2.95. The molecule has 0 fully saturated rings. The van der Waals surface area contributed by atoms with Crippen LogP contribution in [0.2, 0.25) is 0 Å². The molecule has 1 aromatic heterocycles. The van der Waals surface area contributed by atoms with Crippen molar-refractivity contribution in [3.63, 3.8) is 0 Å². The zero-order chi connectivity index (χ0) is 11.1. The maximum Gasteiger partial charge on any atom is 0.188 e. The lowest BCUT2D eigenvalue weighted by molar-refractivity contribution is 0.318. The summed E-state index contributed by atoms with van der Waals surface area (Å²) in [6.45, 7) is 2.16. The highest BCUT2D eigenvalue weighted by Gasteiger charge is 2.02. The van der Waals surface area contributed by atoms with Crippen molar-refractivity contribution in [3.8, 4) is 0 Å². The van der Waals surface area contributed by atoms with Crippen LogP contribution in [0.5, 0.6) is 0 Å². The molecule has 0 unspecified atom stereocenters. The molecule has 0 aliphatic carbocycles. The van der Waals surface area contributed by atoms with E-state index >= 15 is 0 Å². The van der Waals surface area contributed by atoms with Gasteiger partial charge in [0.05, 0.1) is 0 Å². The van der Waals surface area contributed by atoms with Gasteiger partial charge in [-0.1, -0.05) is 18.5 Å². The Morgan fingerprint density at radius 1 is 1.67 bits per heavy atom. The van der Waals surface area contributed by atoms with Gasteiger partial charge in [-0.3, -0.25) is 4.98 Å². The molecule has 5 heteroatoms. The van der Waals surface area contributed by atoms with Crippen LogP contribution in [-0.4, -0.2) is 21.8 Å². The van der Waals surface area contributed by atoms with Crippen LogP contribution in [0.1, 0.15) is 25.5 Å². The number of pyridine rings is 1. The van der Waals surface area contributed by atoms with Crippen LogP contribution < -0.4 is 5.73 Å². The summed E-state index contributed by atoms with van der Waals surface area (Å²) >= 11 is 1.75. The van der Waals surface area contributed by atoms with Crippen LogP contribution in [0.25, 0.3) is 0 Å². The zero-order valence-corrected chi connectivity index (χ0v) is 9.50. The summed E-state index contributed by atoms with van der Waals surface area (Å²) in [5.41, 5.74) is 5.96. The number of nitrogens with zero attached hydrogens (tertiary/aromatic N) is 2. The quantitative estimate of drug-likeness (QED) is 0.201. The van der Waals surface area contributed by atoms with Gasteiger partial charge in [-0.05, 0) is 24.3 Å². The zero-order valence-electron chi connectivity index (χ0n) is 8.68. The van der Waals surface area contributed by atoms with Crippen molar-refractivity contribution in [3.05, 3.63) is 24.0 Å². The minimum Gasteiger partial charge on any atom is -0.409 e. The molecule has 3 N–H and O–H groups in total. The number of amidine groups is 1. The van der Waals surface area contributed by atoms with E-state index in [1.54, 1.807) is 18.0 Å². The second-order valence-electron chi connectivity index (χ2n) is 3.06. The predicted molar refractivity (Wildman–Crippen MR) is 62.4 cm³/mol. The number of oxime groups is 1. The van der Waals surface area contributed by atoms with Gasteiger partial charge in [0, 0.05) is 11.1 Å². The topological polar surface area (TPSA) is 71.5 Å². The largest absolute Gasteiger partial charge is 0.409 e. The molecule has 4 nitrogen and oxygen atoms in total. The summed E-state index contributed by atoms with van der Waals surface area (Å²) in [5, 5.41) is 11.4. The van der Waals surface area contributed by atoms with Crippen molar-refractivity contribution in [2.75, 3.05) is 5.75 Å². The lowest BCUT2D eigenvalue weighted by Gasteiger charge is -2.02. The third kappa shape index (κ3) is 3.79. The molecule has 1 heterocycles. The first kappa shape index (κ1) is 11.8. The summed E-state index contributed by atoms with van der Waals surface area (Å²) in [4.78, 5) is 5.11. The molecule has 0 aromatic carbocycles. The van der Waals surface area contributed by atoms with E-state index in [-0.39, 0.29) is 5.84 Å². The molecular formula is C10H15N3OS. The van der Waals surface area contributed by atoms with Crippen molar-refractivity contribution in [2.24, 2.45) is 10.9 Å². The Bertz CT molecular complexity index is 341. The van der Waals surface area contributed by atoms with E-state index in [2.05, 4.69) is 17.1 Å². The van der Waals surface area contributed by atoms with E-state index in [0.717, 1.165) is 10.6 Å². The summed E-state index contributed by atoms with van der Waals surface area (Å²) in [6.07, 6.45) is 4.04. The van der Waals surface area contributed by atoms with Crippen molar-refractivity contribution < 1.29 is 5.21 Å². The Kier molecular flexibility index (Phi) is 4.97.